The van der Waals surface area contributed by atoms with Gasteiger partial charge in [-0.15, -0.1) is 0 Å². The molecule has 1 aromatic heterocycles. The van der Waals surface area contributed by atoms with Crippen LogP contribution in [0.25, 0.3) is 0 Å². The van der Waals surface area contributed by atoms with Crippen LogP contribution in [0.4, 0.5) is 0 Å². The summed E-state index contributed by atoms with van der Waals surface area (Å²) in [5.41, 5.74) is 9.44. The number of hydrogen-bond acceptors (Lipinski definition) is 4. The van der Waals surface area contributed by atoms with E-state index in [1.54, 1.807) is 4.90 Å². The topological polar surface area (TPSA) is 89.4 Å². The van der Waals surface area contributed by atoms with Crippen molar-refractivity contribution in [3.8, 4) is 0 Å². The van der Waals surface area contributed by atoms with Crippen LogP contribution in [-0.4, -0.2) is 27.9 Å². The molecular weight excluding hydrogens is 306 g/mol. The largest absolute Gasteiger partial charge is 0.368 e. The smallest absolute Gasteiger partial charge is 0.240 e. The van der Waals surface area contributed by atoms with Crippen molar-refractivity contribution in [3.63, 3.8) is 0 Å². The Bertz CT molecular complexity index is 762. The van der Waals surface area contributed by atoms with Crippen molar-refractivity contribution in [2.45, 2.75) is 45.7 Å². The number of carbonyl (C=O) groups is 2. The van der Waals surface area contributed by atoms with Gasteiger partial charge in [-0.05, 0) is 31.4 Å². The number of carbonyl (C=O) groups excluding carboxylic acids is 2. The molecule has 2 heterocycles. The first-order valence-electron chi connectivity index (χ1n) is 8.04. The third kappa shape index (κ3) is 3.04. The lowest BCUT2D eigenvalue weighted by Gasteiger charge is -2.35. The number of rotatable bonds is 4. The molecule has 6 heteroatoms. The SMILES string of the molecule is Cc1noc(C)c1CCC(=O)N1Cc2ccccc2C[C@H]1C(N)=O. The van der Waals surface area contributed by atoms with E-state index in [2.05, 4.69) is 5.16 Å². The molecule has 0 radical (unpaired) electrons. The molecular formula is C18H21N3O3. The standard InChI is InChI=1S/C18H21N3O3/c1-11-15(12(2)24-20-11)7-8-17(22)21-10-14-6-4-3-5-13(14)9-16(21)18(19)23/h3-6,16H,7-10H2,1-2H3,(H2,19,23)/t16-/m0/s1. The Balaban J connectivity index is 1.76. The Morgan fingerprint density at radius 3 is 2.62 bits per heavy atom. The van der Waals surface area contributed by atoms with Gasteiger partial charge in [-0.25, -0.2) is 0 Å². The van der Waals surface area contributed by atoms with E-state index in [1.165, 1.54) is 0 Å². The number of primary amides is 1. The monoisotopic (exact) mass is 327 g/mol. The summed E-state index contributed by atoms with van der Waals surface area (Å²) in [7, 11) is 0. The third-order valence-electron chi connectivity index (χ3n) is 4.67. The molecule has 0 saturated heterocycles. The molecule has 126 valence electrons. The average Bonchev–Trinajstić information content (AvgIpc) is 2.89. The lowest BCUT2D eigenvalue weighted by atomic mass is 9.93. The molecule has 1 aliphatic heterocycles. The van der Waals surface area contributed by atoms with Crippen LogP contribution in [0.2, 0.25) is 0 Å². The maximum atomic E-state index is 12.7. The quantitative estimate of drug-likeness (QED) is 0.925. The number of amides is 2. The Hall–Kier alpha value is -2.63. The molecule has 2 N–H and O–H groups in total. The number of benzene rings is 1. The Labute approximate surface area is 140 Å². The van der Waals surface area contributed by atoms with Crippen LogP contribution in [0, 0.1) is 13.8 Å². The van der Waals surface area contributed by atoms with Gasteiger partial charge in [-0.2, -0.15) is 0 Å². The second-order valence-corrected chi connectivity index (χ2v) is 6.22. The molecule has 1 aliphatic rings. The van der Waals surface area contributed by atoms with E-state index in [9.17, 15) is 9.59 Å². The Morgan fingerprint density at radius 1 is 1.29 bits per heavy atom. The number of hydrogen-bond donors (Lipinski definition) is 1. The normalized spacial score (nSPS) is 16.8. The van der Waals surface area contributed by atoms with E-state index in [4.69, 9.17) is 10.3 Å². The predicted molar refractivity (Wildman–Crippen MR) is 88.0 cm³/mol. The average molecular weight is 327 g/mol. The molecule has 2 amide bonds. The zero-order valence-corrected chi connectivity index (χ0v) is 13.9. The van der Waals surface area contributed by atoms with Gasteiger partial charge in [0.2, 0.25) is 11.8 Å². The molecule has 2 aromatic rings. The molecule has 0 unspecified atom stereocenters. The molecule has 1 aromatic carbocycles. The van der Waals surface area contributed by atoms with Gasteiger partial charge in [-0.3, -0.25) is 9.59 Å². The predicted octanol–water partition coefficient (Wildman–Crippen LogP) is 1.66. The summed E-state index contributed by atoms with van der Waals surface area (Å²) in [5.74, 6) is 0.194. The van der Waals surface area contributed by atoms with E-state index in [-0.39, 0.29) is 5.91 Å². The second-order valence-electron chi connectivity index (χ2n) is 6.22. The van der Waals surface area contributed by atoms with E-state index < -0.39 is 11.9 Å². The van der Waals surface area contributed by atoms with Crippen LogP contribution in [0.3, 0.4) is 0 Å². The molecule has 0 bridgehead atoms. The van der Waals surface area contributed by atoms with Crippen molar-refractivity contribution in [1.29, 1.82) is 0 Å². The number of fused-ring (bicyclic) bond motifs is 1. The highest BCUT2D eigenvalue weighted by Gasteiger charge is 2.33. The van der Waals surface area contributed by atoms with Crippen molar-refractivity contribution >= 4 is 11.8 Å². The van der Waals surface area contributed by atoms with E-state index in [0.717, 1.165) is 28.1 Å². The van der Waals surface area contributed by atoms with Gasteiger partial charge in [0.25, 0.3) is 0 Å². The van der Waals surface area contributed by atoms with Gasteiger partial charge < -0.3 is 15.2 Å². The first kappa shape index (κ1) is 16.2. The van der Waals surface area contributed by atoms with E-state index in [1.807, 2.05) is 38.1 Å². The fourth-order valence-corrected chi connectivity index (χ4v) is 3.27. The molecule has 0 saturated carbocycles. The summed E-state index contributed by atoms with van der Waals surface area (Å²) in [6, 6.07) is 7.26. The van der Waals surface area contributed by atoms with E-state index >= 15 is 0 Å². The molecule has 6 nitrogen and oxygen atoms in total. The molecule has 0 fully saturated rings. The Morgan fingerprint density at radius 2 is 2.00 bits per heavy atom. The van der Waals surface area contributed by atoms with Gasteiger partial charge in [0.1, 0.15) is 11.8 Å². The number of nitrogens with two attached hydrogens (primary N) is 1. The highest BCUT2D eigenvalue weighted by atomic mass is 16.5. The van der Waals surface area contributed by atoms with Gasteiger partial charge in [0.15, 0.2) is 0 Å². The minimum absolute atomic E-state index is 0.0756. The van der Waals surface area contributed by atoms with Crippen molar-refractivity contribution in [3.05, 3.63) is 52.4 Å². The number of aryl methyl sites for hydroxylation is 2. The molecule has 0 spiro atoms. The summed E-state index contributed by atoms with van der Waals surface area (Å²) in [5, 5.41) is 3.91. The van der Waals surface area contributed by atoms with Gasteiger partial charge in [0, 0.05) is 24.9 Å². The summed E-state index contributed by atoms with van der Waals surface area (Å²) in [6.07, 6.45) is 1.32. The summed E-state index contributed by atoms with van der Waals surface area (Å²) >= 11 is 0. The molecule has 3 rings (SSSR count). The van der Waals surface area contributed by atoms with Crippen LogP contribution in [0.1, 0.15) is 34.6 Å². The third-order valence-corrected chi connectivity index (χ3v) is 4.67. The first-order valence-corrected chi connectivity index (χ1v) is 8.04. The number of aromatic nitrogens is 1. The van der Waals surface area contributed by atoms with Gasteiger partial charge >= 0.3 is 0 Å². The van der Waals surface area contributed by atoms with Gasteiger partial charge in [0.05, 0.1) is 5.69 Å². The van der Waals surface area contributed by atoms with Crippen molar-refractivity contribution in [1.82, 2.24) is 10.1 Å². The summed E-state index contributed by atoms with van der Waals surface area (Å²) < 4.78 is 5.13. The maximum absolute atomic E-state index is 12.7. The fraction of sp³-hybridized carbons (Fsp3) is 0.389. The highest BCUT2D eigenvalue weighted by molar-refractivity contribution is 5.87. The van der Waals surface area contributed by atoms with Crippen LogP contribution >= 0.6 is 0 Å². The number of nitrogens with zero attached hydrogens (tertiary/aromatic N) is 2. The molecule has 0 aliphatic carbocycles. The maximum Gasteiger partial charge on any atom is 0.240 e. The second kappa shape index (κ2) is 6.47. The first-order chi connectivity index (χ1) is 11.5. The highest BCUT2D eigenvalue weighted by Crippen LogP contribution is 2.24. The minimum Gasteiger partial charge on any atom is -0.368 e. The summed E-state index contributed by atoms with van der Waals surface area (Å²) in [4.78, 5) is 26.1. The van der Waals surface area contributed by atoms with Crippen LogP contribution in [0.15, 0.2) is 28.8 Å². The van der Waals surface area contributed by atoms with Gasteiger partial charge in [-0.1, -0.05) is 29.4 Å². The van der Waals surface area contributed by atoms with Crippen molar-refractivity contribution in [2.24, 2.45) is 5.73 Å². The van der Waals surface area contributed by atoms with Crippen LogP contribution in [-0.2, 0) is 29.0 Å². The molecule has 24 heavy (non-hydrogen) atoms. The summed E-state index contributed by atoms with van der Waals surface area (Å²) in [6.45, 7) is 4.12. The molecule has 1 atom stereocenters. The van der Waals surface area contributed by atoms with Crippen LogP contribution in [0.5, 0.6) is 0 Å². The van der Waals surface area contributed by atoms with Crippen molar-refractivity contribution in [2.75, 3.05) is 0 Å². The lowest BCUT2D eigenvalue weighted by molar-refractivity contribution is -0.140. The fourth-order valence-electron chi connectivity index (χ4n) is 3.27. The lowest BCUT2D eigenvalue weighted by Crippen LogP contribution is -2.51. The van der Waals surface area contributed by atoms with E-state index in [0.29, 0.717) is 25.8 Å². The van der Waals surface area contributed by atoms with Crippen LogP contribution < -0.4 is 5.73 Å². The zero-order valence-electron chi connectivity index (χ0n) is 13.9. The van der Waals surface area contributed by atoms with Crippen molar-refractivity contribution < 1.29 is 14.1 Å². The Kier molecular flexibility index (Phi) is 4.38. The zero-order chi connectivity index (χ0) is 17.3. The minimum atomic E-state index is -0.586.